The number of carbonyl (C=O) groups is 3. The number of pyridine rings is 1. The second-order valence-corrected chi connectivity index (χ2v) is 3.81. The number of carboxylic acids is 1. The molecule has 0 atom stereocenters. The van der Waals surface area contributed by atoms with Crippen molar-refractivity contribution in [3.8, 4) is 0 Å². The molecule has 0 unspecified atom stereocenters. The van der Waals surface area contributed by atoms with Crippen molar-refractivity contribution in [2.24, 2.45) is 0 Å². The third-order valence-corrected chi connectivity index (χ3v) is 2.40. The van der Waals surface area contributed by atoms with Gasteiger partial charge in [-0.3, -0.25) is 15.1 Å². The largest absolute Gasteiger partial charge is 0.478 e. The minimum atomic E-state index is -1.26. The first-order chi connectivity index (χ1) is 9.52. The monoisotopic (exact) mass is 277 g/mol. The number of aliphatic carboxylic acids is 1. The number of carbonyl (C=O) groups excluding carboxylic acids is 2. The van der Waals surface area contributed by atoms with Crippen molar-refractivity contribution in [1.29, 1.82) is 0 Å². The van der Waals surface area contributed by atoms with Crippen LogP contribution in [-0.2, 0) is 22.6 Å². The Morgan fingerprint density at radius 3 is 2.75 bits per heavy atom. The van der Waals surface area contributed by atoms with Crippen LogP contribution in [-0.4, -0.2) is 28.0 Å². The van der Waals surface area contributed by atoms with E-state index in [1.165, 1.54) is 0 Å². The highest BCUT2D eigenvalue weighted by Crippen LogP contribution is 2.05. The van der Waals surface area contributed by atoms with Crippen LogP contribution in [0.5, 0.6) is 0 Å². The average molecular weight is 277 g/mol. The van der Waals surface area contributed by atoms with Gasteiger partial charge in [-0.1, -0.05) is 13.0 Å². The number of nitrogens with zero attached hydrogens (tertiary/aromatic N) is 1. The van der Waals surface area contributed by atoms with Crippen LogP contribution in [0.25, 0.3) is 0 Å². The smallest absolute Gasteiger partial charge is 0.328 e. The molecule has 0 aliphatic carbocycles. The molecule has 106 valence electrons. The van der Waals surface area contributed by atoms with Crippen LogP contribution >= 0.6 is 0 Å². The maximum absolute atomic E-state index is 11.4. The molecule has 0 saturated heterocycles. The Kier molecular flexibility index (Phi) is 5.89. The molecule has 1 aromatic heterocycles. The molecule has 7 nitrogen and oxygen atoms in total. The molecule has 0 aliphatic rings. The van der Waals surface area contributed by atoms with Crippen molar-refractivity contribution in [1.82, 2.24) is 15.6 Å². The molecule has 20 heavy (non-hydrogen) atoms. The number of hydrogen-bond donors (Lipinski definition) is 3. The van der Waals surface area contributed by atoms with E-state index in [9.17, 15) is 14.4 Å². The third-order valence-electron chi connectivity index (χ3n) is 2.40. The lowest BCUT2D eigenvalue weighted by Gasteiger charge is -2.08. The van der Waals surface area contributed by atoms with Crippen LogP contribution in [0, 0.1) is 0 Å². The van der Waals surface area contributed by atoms with Crippen LogP contribution in [0.15, 0.2) is 30.5 Å². The first-order valence-electron chi connectivity index (χ1n) is 5.95. The predicted octanol–water partition coefficient (Wildman–Crippen LogP) is 0.611. The van der Waals surface area contributed by atoms with Gasteiger partial charge in [0.15, 0.2) is 0 Å². The fourth-order valence-electron chi connectivity index (χ4n) is 1.46. The van der Waals surface area contributed by atoms with Crippen molar-refractivity contribution in [3.05, 3.63) is 41.7 Å². The van der Waals surface area contributed by atoms with E-state index in [1.54, 1.807) is 6.20 Å². The SMILES string of the molecule is CCc1cccnc1CNC(=O)NC(=O)/C=C/C(=O)O. The van der Waals surface area contributed by atoms with Gasteiger partial charge in [0.1, 0.15) is 0 Å². The molecule has 0 fully saturated rings. The van der Waals surface area contributed by atoms with Gasteiger partial charge < -0.3 is 10.4 Å². The van der Waals surface area contributed by atoms with Gasteiger partial charge in [0, 0.05) is 18.3 Å². The molecule has 0 bridgehead atoms. The molecular weight excluding hydrogens is 262 g/mol. The summed E-state index contributed by atoms with van der Waals surface area (Å²) in [6, 6.07) is 3.00. The van der Waals surface area contributed by atoms with E-state index in [-0.39, 0.29) is 6.54 Å². The zero-order valence-electron chi connectivity index (χ0n) is 10.9. The Bertz CT molecular complexity index is 540. The molecule has 0 aromatic carbocycles. The van der Waals surface area contributed by atoms with Gasteiger partial charge in [-0.25, -0.2) is 9.59 Å². The number of rotatable bonds is 5. The van der Waals surface area contributed by atoms with Crippen molar-refractivity contribution < 1.29 is 19.5 Å². The Morgan fingerprint density at radius 2 is 2.10 bits per heavy atom. The minimum absolute atomic E-state index is 0.186. The molecule has 1 rings (SSSR count). The van der Waals surface area contributed by atoms with E-state index in [4.69, 9.17) is 5.11 Å². The number of imide groups is 1. The quantitative estimate of drug-likeness (QED) is 0.683. The zero-order chi connectivity index (χ0) is 15.0. The summed E-state index contributed by atoms with van der Waals surface area (Å²) < 4.78 is 0. The Morgan fingerprint density at radius 1 is 1.35 bits per heavy atom. The second kappa shape index (κ2) is 7.67. The van der Waals surface area contributed by atoms with Crippen molar-refractivity contribution >= 4 is 17.9 Å². The summed E-state index contributed by atoms with van der Waals surface area (Å²) in [5, 5.41) is 12.8. The van der Waals surface area contributed by atoms with Crippen LogP contribution in [0.2, 0.25) is 0 Å². The summed E-state index contributed by atoms with van der Waals surface area (Å²) in [5.74, 6) is -2.07. The molecule has 1 aromatic rings. The molecule has 7 heteroatoms. The van der Waals surface area contributed by atoms with Crippen molar-refractivity contribution in [2.45, 2.75) is 19.9 Å². The lowest BCUT2D eigenvalue weighted by molar-refractivity contribution is -0.131. The Hall–Kier alpha value is -2.70. The summed E-state index contributed by atoms with van der Waals surface area (Å²) in [7, 11) is 0. The highest BCUT2D eigenvalue weighted by Gasteiger charge is 2.07. The van der Waals surface area contributed by atoms with Gasteiger partial charge >= 0.3 is 12.0 Å². The first kappa shape index (κ1) is 15.4. The molecule has 0 radical (unpaired) electrons. The molecule has 0 saturated carbocycles. The topological polar surface area (TPSA) is 108 Å². The van der Waals surface area contributed by atoms with Gasteiger partial charge in [-0.2, -0.15) is 0 Å². The maximum atomic E-state index is 11.4. The van der Waals surface area contributed by atoms with E-state index in [0.29, 0.717) is 6.08 Å². The maximum Gasteiger partial charge on any atom is 0.328 e. The van der Waals surface area contributed by atoms with E-state index < -0.39 is 17.9 Å². The fourth-order valence-corrected chi connectivity index (χ4v) is 1.46. The van der Waals surface area contributed by atoms with Gasteiger partial charge in [-0.05, 0) is 18.1 Å². The standard InChI is InChI=1S/C13H15N3O4/c1-2-9-4-3-7-14-10(9)8-15-13(20)16-11(17)5-6-12(18)19/h3-7H,2,8H2,1H3,(H,18,19)(H2,15,16,17,20)/b6-5+. The van der Waals surface area contributed by atoms with Crippen LogP contribution in [0.4, 0.5) is 4.79 Å². The summed E-state index contributed by atoms with van der Waals surface area (Å²) in [4.78, 5) is 36.9. The van der Waals surface area contributed by atoms with E-state index >= 15 is 0 Å². The number of aromatic nitrogens is 1. The van der Waals surface area contributed by atoms with E-state index in [0.717, 1.165) is 23.8 Å². The van der Waals surface area contributed by atoms with Gasteiger partial charge in [0.2, 0.25) is 0 Å². The molecule has 0 aliphatic heterocycles. The van der Waals surface area contributed by atoms with Crippen molar-refractivity contribution in [2.75, 3.05) is 0 Å². The predicted molar refractivity (Wildman–Crippen MR) is 70.8 cm³/mol. The lowest BCUT2D eigenvalue weighted by Crippen LogP contribution is -2.38. The summed E-state index contributed by atoms with van der Waals surface area (Å²) in [6.45, 7) is 2.16. The number of hydrogen-bond acceptors (Lipinski definition) is 4. The highest BCUT2D eigenvalue weighted by atomic mass is 16.4. The van der Waals surface area contributed by atoms with Gasteiger partial charge in [0.25, 0.3) is 5.91 Å². The molecule has 1 heterocycles. The summed E-state index contributed by atoms with van der Waals surface area (Å²) in [6.07, 6.45) is 3.82. The minimum Gasteiger partial charge on any atom is -0.478 e. The molecule has 0 spiro atoms. The van der Waals surface area contributed by atoms with E-state index in [2.05, 4.69) is 10.3 Å². The third kappa shape index (κ3) is 5.30. The zero-order valence-corrected chi connectivity index (χ0v) is 10.9. The Labute approximate surface area is 115 Å². The number of aryl methyl sites for hydroxylation is 1. The van der Waals surface area contributed by atoms with Crippen molar-refractivity contribution in [3.63, 3.8) is 0 Å². The van der Waals surface area contributed by atoms with E-state index in [1.807, 2.05) is 24.4 Å². The van der Waals surface area contributed by atoms with Crippen LogP contribution in [0.1, 0.15) is 18.2 Å². The molecule has 3 amide bonds. The number of nitrogens with one attached hydrogen (secondary N) is 2. The lowest BCUT2D eigenvalue weighted by atomic mass is 10.1. The fraction of sp³-hybridized carbons (Fsp3) is 0.231. The molecular formula is C13H15N3O4. The Balaban J connectivity index is 2.47. The normalized spacial score (nSPS) is 10.2. The highest BCUT2D eigenvalue weighted by molar-refractivity contribution is 6.02. The summed E-state index contributed by atoms with van der Waals surface area (Å²) in [5.41, 5.74) is 1.73. The second-order valence-electron chi connectivity index (χ2n) is 3.81. The number of carboxylic acid groups (broad SMARTS) is 1. The van der Waals surface area contributed by atoms with Crippen LogP contribution < -0.4 is 10.6 Å². The van der Waals surface area contributed by atoms with Gasteiger partial charge in [-0.15, -0.1) is 0 Å². The number of urea groups is 1. The molecule has 3 N–H and O–H groups in total. The average Bonchev–Trinajstić information content (AvgIpc) is 2.43. The number of amides is 3. The summed E-state index contributed by atoms with van der Waals surface area (Å²) >= 11 is 0. The van der Waals surface area contributed by atoms with Crippen LogP contribution in [0.3, 0.4) is 0 Å². The van der Waals surface area contributed by atoms with Gasteiger partial charge in [0.05, 0.1) is 12.2 Å². The first-order valence-corrected chi connectivity index (χ1v) is 5.95.